The smallest absolute Gasteiger partial charge is 0.122 e. The first-order valence-corrected chi connectivity index (χ1v) is 11.7. The summed E-state index contributed by atoms with van der Waals surface area (Å²) in [5.74, 6) is 1.11. The van der Waals surface area contributed by atoms with Crippen LogP contribution in [0.2, 0.25) is 0 Å². The predicted molar refractivity (Wildman–Crippen MR) is 142 cm³/mol. The number of hydrogen-bond acceptors (Lipinski definition) is 5. The molecule has 0 aliphatic carbocycles. The summed E-state index contributed by atoms with van der Waals surface area (Å²) < 4.78 is 5.94. The SMILES string of the molecule is C/C=C/c1cc(C(CC)(CC)c2ccc(OCC(O)C(C)(C)C)c(C)c2)ccc1O.C=O.CO. The van der Waals surface area contributed by atoms with Gasteiger partial charge in [0.25, 0.3) is 0 Å². The molecule has 190 valence electrons. The fraction of sp³-hybridized carbons (Fsp3) is 0.483. The molecule has 0 amide bonds. The summed E-state index contributed by atoms with van der Waals surface area (Å²) in [5, 5.41) is 27.5. The van der Waals surface area contributed by atoms with E-state index in [1.54, 1.807) is 6.07 Å². The summed E-state index contributed by atoms with van der Waals surface area (Å²) in [6.45, 7) is 16.7. The highest BCUT2D eigenvalue weighted by atomic mass is 16.5. The number of aromatic hydroxyl groups is 1. The maximum atomic E-state index is 10.3. The van der Waals surface area contributed by atoms with E-state index in [1.165, 1.54) is 11.1 Å². The summed E-state index contributed by atoms with van der Waals surface area (Å²) in [7, 11) is 1.00. The van der Waals surface area contributed by atoms with E-state index in [1.807, 2.05) is 58.8 Å². The number of phenolic OH excluding ortho intramolecular Hbond substituents is 1. The van der Waals surface area contributed by atoms with Gasteiger partial charge in [0.15, 0.2) is 0 Å². The van der Waals surface area contributed by atoms with E-state index in [2.05, 4.69) is 39.0 Å². The number of benzene rings is 2. The summed E-state index contributed by atoms with van der Waals surface area (Å²) in [6, 6.07) is 12.3. The number of carbonyl (C=O) groups excluding carboxylic acids is 1. The van der Waals surface area contributed by atoms with Gasteiger partial charge in [0.2, 0.25) is 0 Å². The number of phenols is 1. The second-order valence-electron chi connectivity index (χ2n) is 9.24. The number of allylic oxidation sites excluding steroid dienone is 1. The van der Waals surface area contributed by atoms with Crippen molar-refractivity contribution in [3.63, 3.8) is 0 Å². The Labute approximate surface area is 206 Å². The van der Waals surface area contributed by atoms with E-state index in [4.69, 9.17) is 14.6 Å². The summed E-state index contributed by atoms with van der Waals surface area (Å²) in [4.78, 5) is 8.00. The van der Waals surface area contributed by atoms with Crippen LogP contribution in [-0.4, -0.2) is 41.9 Å². The van der Waals surface area contributed by atoms with E-state index >= 15 is 0 Å². The molecule has 2 aromatic rings. The second kappa shape index (κ2) is 14.6. The summed E-state index contributed by atoms with van der Waals surface area (Å²) in [5.41, 5.74) is 4.00. The van der Waals surface area contributed by atoms with Crippen molar-refractivity contribution < 1.29 is 24.9 Å². The lowest BCUT2D eigenvalue weighted by Crippen LogP contribution is -2.32. The molecule has 34 heavy (non-hydrogen) atoms. The molecule has 0 spiro atoms. The number of hydrogen-bond donors (Lipinski definition) is 3. The topological polar surface area (TPSA) is 87.0 Å². The molecule has 2 aromatic carbocycles. The number of carbonyl (C=O) groups is 1. The molecule has 0 fully saturated rings. The van der Waals surface area contributed by atoms with Crippen LogP contribution in [-0.2, 0) is 10.2 Å². The lowest BCUT2D eigenvalue weighted by atomic mass is 9.70. The third-order valence-corrected chi connectivity index (χ3v) is 6.26. The molecule has 0 saturated heterocycles. The maximum absolute atomic E-state index is 10.3. The second-order valence-corrected chi connectivity index (χ2v) is 9.24. The molecule has 1 unspecified atom stereocenters. The minimum atomic E-state index is -0.524. The predicted octanol–water partition coefficient (Wildman–Crippen LogP) is 6.05. The Balaban J connectivity index is 0.00000258. The number of rotatable bonds is 8. The Morgan fingerprint density at radius 2 is 1.53 bits per heavy atom. The average Bonchev–Trinajstić information content (AvgIpc) is 2.83. The van der Waals surface area contributed by atoms with E-state index in [9.17, 15) is 10.2 Å². The molecule has 0 saturated carbocycles. The van der Waals surface area contributed by atoms with Gasteiger partial charge in [-0.05, 0) is 67.0 Å². The van der Waals surface area contributed by atoms with Gasteiger partial charge in [-0.2, -0.15) is 0 Å². The van der Waals surface area contributed by atoms with Crippen LogP contribution in [0.4, 0.5) is 0 Å². The third-order valence-electron chi connectivity index (χ3n) is 6.26. The quantitative estimate of drug-likeness (QED) is 0.435. The van der Waals surface area contributed by atoms with Crippen LogP contribution in [0.25, 0.3) is 6.08 Å². The molecule has 0 aromatic heterocycles. The molecule has 0 bridgehead atoms. The standard InChI is InChI=1S/C27H38O3.CH4O.CH2O/c1-8-11-20-17-22(12-14-23(20)28)27(9-2,10-3)21-13-15-24(19(4)16-21)30-18-25(29)26(5,6)7;2*1-2/h8,11-17,25,28-29H,9-10,18H2,1-7H3;2H,1H3;1H2/b11-8+;;. The molecule has 0 radical (unpaired) electrons. The molecule has 1 atom stereocenters. The summed E-state index contributed by atoms with van der Waals surface area (Å²) in [6.07, 6.45) is 5.26. The van der Waals surface area contributed by atoms with Crippen molar-refractivity contribution >= 4 is 12.9 Å². The van der Waals surface area contributed by atoms with Crippen molar-refractivity contribution in [1.29, 1.82) is 0 Å². The van der Waals surface area contributed by atoms with Gasteiger partial charge in [-0.1, -0.05) is 65.0 Å². The highest BCUT2D eigenvalue weighted by molar-refractivity contribution is 5.59. The van der Waals surface area contributed by atoms with Gasteiger partial charge in [0, 0.05) is 18.1 Å². The Kier molecular flexibility index (Phi) is 13.5. The van der Waals surface area contributed by atoms with Gasteiger partial charge in [0.1, 0.15) is 24.9 Å². The van der Waals surface area contributed by atoms with Crippen LogP contribution in [0.15, 0.2) is 42.5 Å². The van der Waals surface area contributed by atoms with Gasteiger partial charge in [-0.25, -0.2) is 0 Å². The number of ether oxygens (including phenoxy) is 1. The first-order chi connectivity index (χ1) is 16.1. The number of aliphatic hydroxyl groups is 2. The highest BCUT2D eigenvalue weighted by Crippen LogP contribution is 2.41. The molecule has 2 rings (SSSR count). The normalized spacial score (nSPS) is 12.3. The zero-order valence-electron chi connectivity index (χ0n) is 22.2. The minimum absolute atomic E-state index is 0.141. The van der Waals surface area contributed by atoms with E-state index in [-0.39, 0.29) is 17.4 Å². The Hall–Kier alpha value is -2.63. The van der Waals surface area contributed by atoms with Crippen LogP contribution in [0.1, 0.15) is 76.6 Å². The molecule has 0 aliphatic rings. The molecule has 5 nitrogen and oxygen atoms in total. The zero-order valence-corrected chi connectivity index (χ0v) is 22.2. The number of aryl methyl sites for hydroxylation is 1. The largest absolute Gasteiger partial charge is 0.507 e. The van der Waals surface area contributed by atoms with Crippen molar-refractivity contribution in [2.75, 3.05) is 13.7 Å². The lowest BCUT2D eigenvalue weighted by Gasteiger charge is -2.34. The third kappa shape index (κ3) is 7.71. The highest BCUT2D eigenvalue weighted by Gasteiger charge is 2.31. The minimum Gasteiger partial charge on any atom is -0.507 e. The first-order valence-electron chi connectivity index (χ1n) is 11.7. The van der Waals surface area contributed by atoms with E-state index in [0.717, 1.165) is 36.8 Å². The van der Waals surface area contributed by atoms with Crippen molar-refractivity contribution in [3.05, 3.63) is 64.7 Å². The van der Waals surface area contributed by atoms with Crippen molar-refractivity contribution in [3.8, 4) is 11.5 Å². The van der Waals surface area contributed by atoms with Gasteiger partial charge in [-0.15, -0.1) is 0 Å². The van der Waals surface area contributed by atoms with Gasteiger partial charge in [0.05, 0.1) is 6.10 Å². The molecule has 0 heterocycles. The molecule has 3 N–H and O–H groups in total. The Bertz CT molecular complexity index is 892. The Morgan fingerprint density at radius 3 is 2.00 bits per heavy atom. The summed E-state index contributed by atoms with van der Waals surface area (Å²) >= 11 is 0. The van der Waals surface area contributed by atoms with Crippen LogP contribution in [0.5, 0.6) is 11.5 Å². The fourth-order valence-electron chi connectivity index (χ4n) is 3.93. The van der Waals surface area contributed by atoms with Gasteiger partial charge >= 0.3 is 0 Å². The van der Waals surface area contributed by atoms with Crippen molar-refractivity contribution in [2.45, 2.75) is 72.8 Å². The van der Waals surface area contributed by atoms with Crippen LogP contribution in [0.3, 0.4) is 0 Å². The lowest BCUT2D eigenvalue weighted by molar-refractivity contribution is -0.0980. The average molecular weight is 473 g/mol. The first kappa shape index (κ1) is 31.4. The monoisotopic (exact) mass is 472 g/mol. The van der Waals surface area contributed by atoms with Crippen LogP contribution < -0.4 is 4.74 Å². The van der Waals surface area contributed by atoms with Crippen LogP contribution in [0, 0.1) is 12.3 Å². The molecule has 5 heteroatoms. The van der Waals surface area contributed by atoms with Crippen molar-refractivity contribution in [2.24, 2.45) is 5.41 Å². The number of aliphatic hydroxyl groups excluding tert-OH is 2. The van der Waals surface area contributed by atoms with E-state index < -0.39 is 6.10 Å². The van der Waals surface area contributed by atoms with E-state index in [0.29, 0.717) is 5.75 Å². The fourth-order valence-corrected chi connectivity index (χ4v) is 3.93. The zero-order chi connectivity index (χ0) is 26.5. The molecule has 0 aliphatic heterocycles. The molecular formula is C29H44O5. The Morgan fingerprint density at radius 1 is 1.00 bits per heavy atom. The van der Waals surface area contributed by atoms with Gasteiger partial charge < -0.3 is 24.9 Å². The van der Waals surface area contributed by atoms with Crippen LogP contribution >= 0.6 is 0 Å². The van der Waals surface area contributed by atoms with Crippen molar-refractivity contribution in [1.82, 2.24) is 0 Å². The molecular weight excluding hydrogens is 428 g/mol. The maximum Gasteiger partial charge on any atom is 0.122 e. The van der Waals surface area contributed by atoms with Gasteiger partial charge in [-0.3, -0.25) is 0 Å².